The Balaban J connectivity index is 1.70. The summed E-state index contributed by atoms with van der Waals surface area (Å²) in [6.45, 7) is 3.95. The first-order valence-corrected chi connectivity index (χ1v) is 8.67. The van der Waals surface area contributed by atoms with Gasteiger partial charge in [0.2, 0.25) is 0 Å². The molecular formula is C19H23N3O. The maximum atomic E-state index is 13.1. The van der Waals surface area contributed by atoms with Gasteiger partial charge in [-0.1, -0.05) is 25.1 Å². The Bertz CT molecular complexity index is 703. The van der Waals surface area contributed by atoms with Crippen LogP contribution in [-0.4, -0.2) is 33.7 Å². The molecule has 0 unspecified atom stereocenters. The van der Waals surface area contributed by atoms with Crippen molar-refractivity contribution in [3.8, 4) is 5.69 Å². The Morgan fingerprint density at radius 2 is 1.96 bits per heavy atom. The molecule has 2 aliphatic rings. The fourth-order valence-electron chi connectivity index (χ4n) is 3.43. The van der Waals surface area contributed by atoms with Crippen molar-refractivity contribution in [3.05, 3.63) is 47.8 Å². The Morgan fingerprint density at radius 1 is 1.17 bits per heavy atom. The van der Waals surface area contributed by atoms with E-state index in [0.29, 0.717) is 17.5 Å². The SMILES string of the molecule is C[C@@H]1CCCN(C(=O)c2cc(C3CC3)nn2-c2ccccc2)C1. The van der Waals surface area contributed by atoms with Gasteiger partial charge in [0, 0.05) is 19.0 Å². The fourth-order valence-corrected chi connectivity index (χ4v) is 3.43. The third-order valence-electron chi connectivity index (χ3n) is 4.89. The van der Waals surface area contributed by atoms with Crippen LogP contribution in [0.1, 0.15) is 54.7 Å². The number of rotatable bonds is 3. The molecule has 2 aromatic rings. The van der Waals surface area contributed by atoms with Crippen LogP contribution >= 0.6 is 0 Å². The van der Waals surface area contributed by atoms with E-state index in [1.54, 1.807) is 0 Å². The smallest absolute Gasteiger partial charge is 0.272 e. The van der Waals surface area contributed by atoms with Crippen LogP contribution in [0.2, 0.25) is 0 Å². The van der Waals surface area contributed by atoms with E-state index in [2.05, 4.69) is 6.92 Å². The van der Waals surface area contributed by atoms with Crippen LogP contribution in [-0.2, 0) is 0 Å². The van der Waals surface area contributed by atoms with E-state index >= 15 is 0 Å². The lowest BCUT2D eigenvalue weighted by Crippen LogP contribution is -2.39. The van der Waals surface area contributed by atoms with Crippen molar-refractivity contribution in [2.75, 3.05) is 13.1 Å². The van der Waals surface area contributed by atoms with Gasteiger partial charge in [0.25, 0.3) is 5.91 Å². The summed E-state index contributed by atoms with van der Waals surface area (Å²) in [6.07, 6.45) is 4.71. The Labute approximate surface area is 137 Å². The predicted octanol–water partition coefficient (Wildman–Crippen LogP) is 3.62. The van der Waals surface area contributed by atoms with E-state index in [1.807, 2.05) is 46.0 Å². The lowest BCUT2D eigenvalue weighted by Gasteiger charge is -2.30. The Hall–Kier alpha value is -2.10. The zero-order chi connectivity index (χ0) is 15.8. The first-order valence-electron chi connectivity index (χ1n) is 8.67. The average Bonchev–Trinajstić information content (AvgIpc) is 3.34. The third kappa shape index (κ3) is 2.90. The summed E-state index contributed by atoms with van der Waals surface area (Å²) in [5.74, 6) is 1.26. The molecule has 2 fully saturated rings. The highest BCUT2D eigenvalue weighted by Gasteiger charge is 2.31. The van der Waals surface area contributed by atoms with Crippen LogP contribution in [0.4, 0.5) is 0 Å². The standard InChI is InChI=1S/C19H23N3O/c1-14-6-5-11-21(13-14)19(23)18-12-17(15-9-10-15)20-22(18)16-7-3-2-4-8-16/h2-4,7-8,12,14-15H,5-6,9-11,13H2,1H3/t14-/m1/s1. The third-order valence-corrected chi connectivity index (χ3v) is 4.89. The molecule has 0 spiro atoms. The highest BCUT2D eigenvalue weighted by atomic mass is 16.2. The van der Waals surface area contributed by atoms with Crippen molar-refractivity contribution in [3.63, 3.8) is 0 Å². The molecule has 0 bridgehead atoms. The van der Waals surface area contributed by atoms with Gasteiger partial charge in [0.05, 0.1) is 11.4 Å². The summed E-state index contributed by atoms with van der Waals surface area (Å²) in [5.41, 5.74) is 2.75. The molecule has 4 nitrogen and oxygen atoms in total. The van der Waals surface area contributed by atoms with Gasteiger partial charge < -0.3 is 4.90 Å². The number of benzene rings is 1. The molecule has 4 heteroatoms. The molecule has 1 saturated carbocycles. The van der Waals surface area contributed by atoms with Gasteiger partial charge in [-0.2, -0.15) is 5.10 Å². The molecule has 1 aliphatic heterocycles. The van der Waals surface area contributed by atoms with Crippen molar-refractivity contribution in [2.24, 2.45) is 5.92 Å². The van der Waals surface area contributed by atoms with Crippen molar-refractivity contribution in [1.29, 1.82) is 0 Å². The van der Waals surface area contributed by atoms with Crippen LogP contribution in [0, 0.1) is 5.92 Å². The number of carbonyl (C=O) groups is 1. The summed E-state index contributed by atoms with van der Waals surface area (Å²) < 4.78 is 1.84. The number of likely N-dealkylation sites (tertiary alicyclic amines) is 1. The minimum Gasteiger partial charge on any atom is -0.337 e. The largest absolute Gasteiger partial charge is 0.337 e. The summed E-state index contributed by atoms with van der Waals surface area (Å²) >= 11 is 0. The lowest BCUT2D eigenvalue weighted by molar-refractivity contribution is 0.0674. The molecule has 0 N–H and O–H groups in total. The van der Waals surface area contributed by atoms with Crippen LogP contribution in [0.3, 0.4) is 0 Å². The van der Waals surface area contributed by atoms with Gasteiger partial charge >= 0.3 is 0 Å². The van der Waals surface area contributed by atoms with Gasteiger partial charge in [-0.25, -0.2) is 4.68 Å². The number of amides is 1. The van der Waals surface area contributed by atoms with Gasteiger partial charge in [0.1, 0.15) is 5.69 Å². The van der Waals surface area contributed by atoms with Crippen LogP contribution in [0.25, 0.3) is 5.69 Å². The van der Waals surface area contributed by atoms with E-state index in [1.165, 1.54) is 19.3 Å². The summed E-state index contributed by atoms with van der Waals surface area (Å²) in [5, 5.41) is 4.75. The van der Waals surface area contributed by atoms with Crippen molar-refractivity contribution in [2.45, 2.75) is 38.5 Å². The number of aromatic nitrogens is 2. The number of carbonyl (C=O) groups excluding carboxylic acids is 1. The zero-order valence-corrected chi connectivity index (χ0v) is 13.6. The molecule has 23 heavy (non-hydrogen) atoms. The maximum Gasteiger partial charge on any atom is 0.272 e. The van der Waals surface area contributed by atoms with Crippen molar-refractivity contribution in [1.82, 2.24) is 14.7 Å². The summed E-state index contributed by atoms with van der Waals surface area (Å²) in [4.78, 5) is 15.1. The quantitative estimate of drug-likeness (QED) is 0.868. The molecule has 1 aliphatic carbocycles. The molecule has 4 rings (SSSR count). The molecule has 2 heterocycles. The minimum absolute atomic E-state index is 0.125. The number of nitrogens with zero attached hydrogens (tertiary/aromatic N) is 3. The fraction of sp³-hybridized carbons (Fsp3) is 0.474. The van der Waals surface area contributed by atoms with Crippen LogP contribution in [0.15, 0.2) is 36.4 Å². The number of piperidine rings is 1. The normalized spacial score (nSPS) is 21.4. The number of hydrogen-bond donors (Lipinski definition) is 0. The molecule has 120 valence electrons. The predicted molar refractivity (Wildman–Crippen MR) is 89.8 cm³/mol. The Kier molecular flexibility index (Phi) is 3.68. The second-order valence-corrected chi connectivity index (χ2v) is 6.97. The maximum absolute atomic E-state index is 13.1. The highest BCUT2D eigenvalue weighted by molar-refractivity contribution is 5.93. The van der Waals surface area contributed by atoms with Crippen LogP contribution < -0.4 is 0 Å². The highest BCUT2D eigenvalue weighted by Crippen LogP contribution is 2.40. The van der Waals surface area contributed by atoms with E-state index in [4.69, 9.17) is 5.10 Å². The first kappa shape index (κ1) is 14.5. The van der Waals surface area contributed by atoms with E-state index in [0.717, 1.165) is 30.9 Å². The summed E-state index contributed by atoms with van der Waals surface area (Å²) in [6, 6.07) is 12.0. The lowest BCUT2D eigenvalue weighted by atomic mass is 10.00. The molecule has 0 radical (unpaired) electrons. The Morgan fingerprint density at radius 3 is 2.65 bits per heavy atom. The molecule has 1 aromatic heterocycles. The van der Waals surface area contributed by atoms with Gasteiger partial charge in [-0.05, 0) is 49.8 Å². The average molecular weight is 309 g/mol. The summed E-state index contributed by atoms with van der Waals surface area (Å²) in [7, 11) is 0. The van der Waals surface area contributed by atoms with E-state index in [-0.39, 0.29) is 5.91 Å². The molecule has 1 atom stereocenters. The zero-order valence-electron chi connectivity index (χ0n) is 13.6. The first-order chi connectivity index (χ1) is 11.2. The molecule has 1 amide bonds. The van der Waals surface area contributed by atoms with E-state index < -0.39 is 0 Å². The molecule has 1 saturated heterocycles. The van der Waals surface area contributed by atoms with Crippen molar-refractivity contribution < 1.29 is 4.79 Å². The second kappa shape index (κ2) is 5.84. The molecule has 1 aromatic carbocycles. The van der Waals surface area contributed by atoms with Crippen LogP contribution in [0.5, 0.6) is 0 Å². The number of para-hydroxylation sites is 1. The second-order valence-electron chi connectivity index (χ2n) is 6.97. The van der Waals surface area contributed by atoms with E-state index in [9.17, 15) is 4.79 Å². The topological polar surface area (TPSA) is 38.1 Å². The van der Waals surface area contributed by atoms with Gasteiger partial charge in [0.15, 0.2) is 0 Å². The number of hydrogen-bond acceptors (Lipinski definition) is 2. The van der Waals surface area contributed by atoms with Crippen molar-refractivity contribution >= 4 is 5.91 Å². The minimum atomic E-state index is 0.125. The monoisotopic (exact) mass is 309 g/mol. The molecular weight excluding hydrogens is 286 g/mol. The van der Waals surface area contributed by atoms with Gasteiger partial charge in [-0.3, -0.25) is 4.79 Å². The van der Waals surface area contributed by atoms with Gasteiger partial charge in [-0.15, -0.1) is 0 Å².